The summed E-state index contributed by atoms with van der Waals surface area (Å²) in [6.07, 6.45) is 1.46. The number of halogens is 2. The van der Waals surface area contributed by atoms with Crippen molar-refractivity contribution < 1.29 is 18.7 Å². The van der Waals surface area contributed by atoms with Gasteiger partial charge < -0.3 is 10.4 Å². The summed E-state index contributed by atoms with van der Waals surface area (Å²) < 4.78 is 28.7. The number of aromatic nitrogens is 6. The second kappa shape index (κ2) is 10.2. The molecule has 2 N–H and O–H groups in total. The zero-order chi connectivity index (χ0) is 25.7. The summed E-state index contributed by atoms with van der Waals surface area (Å²) in [5, 5.41) is 29.2. The summed E-state index contributed by atoms with van der Waals surface area (Å²) in [4.78, 5) is 23.8. The highest BCUT2D eigenvalue weighted by Gasteiger charge is 2.26. The molecule has 36 heavy (non-hydrogen) atoms. The minimum absolute atomic E-state index is 0.104. The lowest BCUT2D eigenvalue weighted by Gasteiger charge is -2.10. The van der Waals surface area contributed by atoms with Crippen molar-refractivity contribution in [3.63, 3.8) is 0 Å². The van der Waals surface area contributed by atoms with Gasteiger partial charge >= 0.3 is 5.97 Å². The Morgan fingerprint density at radius 1 is 1.11 bits per heavy atom. The van der Waals surface area contributed by atoms with Gasteiger partial charge in [-0.3, -0.25) is 4.79 Å². The van der Waals surface area contributed by atoms with Crippen LogP contribution in [0.5, 0.6) is 0 Å². The molecule has 1 aromatic carbocycles. The summed E-state index contributed by atoms with van der Waals surface area (Å²) >= 11 is 0. The Labute approximate surface area is 204 Å². The molecular formula is C24H20F2N8O2. The Bertz CT molecular complexity index is 1440. The molecule has 3 aromatic heterocycles. The highest BCUT2D eigenvalue weighted by Crippen LogP contribution is 2.26. The summed E-state index contributed by atoms with van der Waals surface area (Å²) in [5.74, 6) is -3.85. The molecule has 0 saturated heterocycles. The molecular weight excluding hydrogens is 470 g/mol. The Balaban J connectivity index is 1.65. The highest BCUT2D eigenvalue weighted by atomic mass is 19.3. The topological polar surface area (TPSA) is 142 Å². The van der Waals surface area contributed by atoms with Crippen molar-refractivity contribution in [1.82, 2.24) is 29.9 Å². The van der Waals surface area contributed by atoms with Crippen LogP contribution in [0.15, 0.2) is 54.7 Å². The number of benzene rings is 1. The first-order valence-corrected chi connectivity index (χ1v) is 10.8. The Kier molecular flexibility index (Phi) is 6.91. The van der Waals surface area contributed by atoms with E-state index >= 15 is 0 Å². The number of alkyl halides is 2. The molecule has 182 valence electrons. The lowest BCUT2D eigenvalue weighted by molar-refractivity contribution is -0.136. The van der Waals surface area contributed by atoms with Crippen molar-refractivity contribution in [3.8, 4) is 28.7 Å². The van der Waals surface area contributed by atoms with Crippen LogP contribution in [-0.2, 0) is 17.3 Å². The third-order valence-corrected chi connectivity index (χ3v) is 5.02. The molecule has 0 bridgehead atoms. The van der Waals surface area contributed by atoms with E-state index in [1.54, 1.807) is 42.6 Å². The summed E-state index contributed by atoms with van der Waals surface area (Å²) in [6.45, 7) is 1.00. The number of aliphatic carboxylic acids is 1. The predicted octanol–water partition coefficient (Wildman–Crippen LogP) is 3.72. The van der Waals surface area contributed by atoms with Crippen molar-refractivity contribution >= 4 is 11.9 Å². The van der Waals surface area contributed by atoms with Gasteiger partial charge in [0, 0.05) is 19.0 Å². The largest absolute Gasteiger partial charge is 0.481 e. The molecule has 0 aliphatic rings. The van der Waals surface area contributed by atoms with Crippen LogP contribution in [0.1, 0.15) is 30.3 Å². The number of carbonyl (C=O) groups is 1. The monoisotopic (exact) mass is 490 g/mol. The third kappa shape index (κ3) is 6.01. The van der Waals surface area contributed by atoms with Crippen LogP contribution in [0.25, 0.3) is 22.6 Å². The fraction of sp³-hybridized carbons (Fsp3) is 0.208. The van der Waals surface area contributed by atoms with Gasteiger partial charge in [-0.1, -0.05) is 23.4 Å². The van der Waals surface area contributed by atoms with E-state index in [1.165, 1.54) is 16.8 Å². The van der Waals surface area contributed by atoms with E-state index in [1.807, 2.05) is 0 Å². The number of nitrogens with one attached hydrogen (secondary N) is 1. The number of nitrogens with zero attached hydrogens (tertiary/aromatic N) is 7. The van der Waals surface area contributed by atoms with Gasteiger partial charge in [-0.2, -0.15) is 14.0 Å². The maximum Gasteiger partial charge on any atom is 0.305 e. The predicted molar refractivity (Wildman–Crippen MR) is 125 cm³/mol. The van der Waals surface area contributed by atoms with E-state index in [2.05, 4.69) is 36.7 Å². The van der Waals surface area contributed by atoms with Crippen molar-refractivity contribution in [2.75, 3.05) is 11.9 Å². The van der Waals surface area contributed by atoms with E-state index in [9.17, 15) is 18.8 Å². The SMILES string of the molecule is CC(F)(F)c1cccc(Cn2cc(-c3cc(-c4cccc(C#N)c4)nc(NCCC(=O)O)n3)nn2)n1. The molecule has 0 unspecified atom stereocenters. The first kappa shape index (κ1) is 24.3. The van der Waals surface area contributed by atoms with Gasteiger partial charge in [0.05, 0.1) is 47.9 Å². The van der Waals surface area contributed by atoms with Crippen LogP contribution in [-0.4, -0.2) is 47.6 Å². The van der Waals surface area contributed by atoms with Crippen LogP contribution in [0.3, 0.4) is 0 Å². The fourth-order valence-electron chi connectivity index (χ4n) is 3.31. The molecule has 0 spiro atoms. The van der Waals surface area contributed by atoms with E-state index in [0.717, 1.165) is 6.92 Å². The first-order chi connectivity index (χ1) is 17.2. The summed E-state index contributed by atoms with van der Waals surface area (Å²) in [7, 11) is 0. The normalized spacial score (nSPS) is 11.2. The van der Waals surface area contributed by atoms with Crippen LogP contribution < -0.4 is 5.32 Å². The van der Waals surface area contributed by atoms with Crippen molar-refractivity contribution in [2.24, 2.45) is 0 Å². The van der Waals surface area contributed by atoms with Gasteiger partial charge in [0.15, 0.2) is 0 Å². The lowest BCUT2D eigenvalue weighted by Crippen LogP contribution is -2.12. The summed E-state index contributed by atoms with van der Waals surface area (Å²) in [6, 6.07) is 15.0. The molecule has 12 heteroatoms. The van der Waals surface area contributed by atoms with Crippen molar-refractivity contribution in [1.29, 1.82) is 5.26 Å². The van der Waals surface area contributed by atoms with Crippen LogP contribution in [0.4, 0.5) is 14.7 Å². The summed E-state index contributed by atoms with van der Waals surface area (Å²) in [5.41, 5.74) is 2.43. The third-order valence-electron chi connectivity index (χ3n) is 5.02. The minimum Gasteiger partial charge on any atom is -0.481 e. The minimum atomic E-state index is -3.06. The van der Waals surface area contributed by atoms with Crippen LogP contribution in [0, 0.1) is 11.3 Å². The Morgan fingerprint density at radius 3 is 2.64 bits per heavy atom. The molecule has 0 saturated carbocycles. The number of carboxylic acids is 1. The van der Waals surface area contributed by atoms with E-state index < -0.39 is 11.9 Å². The van der Waals surface area contributed by atoms with Gasteiger partial charge in [-0.05, 0) is 30.3 Å². The molecule has 0 aliphatic carbocycles. The molecule has 4 aromatic rings. The molecule has 10 nitrogen and oxygen atoms in total. The molecule has 0 amide bonds. The molecule has 0 aliphatic heterocycles. The number of anilines is 1. The average molecular weight is 490 g/mol. The lowest BCUT2D eigenvalue weighted by atomic mass is 10.1. The van der Waals surface area contributed by atoms with Crippen LogP contribution in [0.2, 0.25) is 0 Å². The number of hydrogen-bond acceptors (Lipinski definition) is 8. The highest BCUT2D eigenvalue weighted by molar-refractivity contribution is 5.69. The number of rotatable bonds is 9. The van der Waals surface area contributed by atoms with Crippen molar-refractivity contribution in [3.05, 3.63) is 71.7 Å². The maximum absolute atomic E-state index is 13.6. The number of carboxylic acid groups (broad SMARTS) is 1. The first-order valence-electron chi connectivity index (χ1n) is 10.8. The van der Waals surface area contributed by atoms with E-state index in [0.29, 0.717) is 33.9 Å². The van der Waals surface area contributed by atoms with E-state index in [-0.39, 0.29) is 31.2 Å². The Hall–Kier alpha value is -4.79. The molecule has 0 atom stereocenters. The van der Waals surface area contributed by atoms with Gasteiger partial charge in [-0.15, -0.1) is 5.10 Å². The number of nitriles is 1. The average Bonchev–Trinajstić information content (AvgIpc) is 3.32. The standard InChI is InChI=1S/C24H20F2N8O2/c1-24(25,26)21-7-3-6-17(29-21)13-34-14-20(32-33-34)19-11-18(16-5-2-4-15(10-16)12-27)30-23(31-19)28-9-8-22(35)36/h2-7,10-11,14H,8-9,13H2,1H3,(H,35,36)(H,28,30,31). The molecule has 0 fully saturated rings. The quantitative estimate of drug-likeness (QED) is 0.359. The Morgan fingerprint density at radius 2 is 1.89 bits per heavy atom. The molecule has 4 rings (SSSR count). The number of hydrogen-bond donors (Lipinski definition) is 2. The zero-order valence-electron chi connectivity index (χ0n) is 19.1. The second-order valence-electron chi connectivity index (χ2n) is 7.93. The van der Waals surface area contributed by atoms with Crippen molar-refractivity contribution in [2.45, 2.75) is 25.8 Å². The van der Waals surface area contributed by atoms with Gasteiger partial charge in [0.2, 0.25) is 5.95 Å². The number of pyridine rings is 1. The molecule has 0 radical (unpaired) electrons. The zero-order valence-corrected chi connectivity index (χ0v) is 19.1. The van der Waals surface area contributed by atoms with E-state index in [4.69, 9.17) is 5.11 Å². The smallest absolute Gasteiger partial charge is 0.305 e. The fourth-order valence-corrected chi connectivity index (χ4v) is 3.31. The second-order valence-corrected chi connectivity index (χ2v) is 7.93. The maximum atomic E-state index is 13.6. The van der Waals surface area contributed by atoms with Gasteiger partial charge in [-0.25, -0.2) is 19.6 Å². The van der Waals surface area contributed by atoms with Gasteiger partial charge in [0.1, 0.15) is 11.4 Å². The molecule has 3 heterocycles. The van der Waals surface area contributed by atoms with Crippen LogP contribution >= 0.6 is 0 Å². The van der Waals surface area contributed by atoms with Gasteiger partial charge in [0.25, 0.3) is 5.92 Å².